The summed E-state index contributed by atoms with van der Waals surface area (Å²) in [5, 5.41) is 7.34. The van der Waals surface area contributed by atoms with Gasteiger partial charge in [0.1, 0.15) is 5.01 Å². The molecule has 0 atom stereocenters. The highest BCUT2D eigenvalue weighted by Crippen LogP contribution is 2.29. The van der Waals surface area contributed by atoms with Crippen LogP contribution in [0.3, 0.4) is 0 Å². The van der Waals surface area contributed by atoms with Crippen molar-refractivity contribution in [1.29, 1.82) is 0 Å². The van der Waals surface area contributed by atoms with Crippen LogP contribution in [0.1, 0.15) is 22.0 Å². The highest BCUT2D eigenvalue weighted by Gasteiger charge is 2.33. The van der Waals surface area contributed by atoms with Gasteiger partial charge in [0.2, 0.25) is 0 Å². The molecule has 10 heteroatoms. The second-order valence-corrected chi connectivity index (χ2v) is 5.61. The van der Waals surface area contributed by atoms with Crippen LogP contribution in [0.5, 0.6) is 0 Å². The molecule has 24 heavy (non-hydrogen) atoms. The second-order valence-electron chi connectivity index (χ2n) is 4.67. The highest BCUT2D eigenvalue weighted by molar-refractivity contribution is 14.0. The van der Waals surface area contributed by atoms with Crippen LogP contribution in [0.25, 0.3) is 0 Å². The molecule has 0 aromatic carbocycles. The summed E-state index contributed by atoms with van der Waals surface area (Å²) in [7, 11) is 1.59. The Morgan fingerprint density at radius 2 is 2.00 bits per heavy atom. The molecule has 0 spiro atoms. The molecule has 0 amide bonds. The lowest BCUT2D eigenvalue weighted by atomic mass is 10.2. The first-order chi connectivity index (χ1) is 10.9. The molecule has 0 aliphatic heterocycles. The van der Waals surface area contributed by atoms with E-state index in [9.17, 15) is 13.2 Å². The van der Waals surface area contributed by atoms with Crippen molar-refractivity contribution >= 4 is 41.3 Å². The summed E-state index contributed by atoms with van der Waals surface area (Å²) in [6, 6.07) is 3.81. The van der Waals surface area contributed by atoms with Crippen LogP contribution in [0.15, 0.2) is 28.7 Å². The molecule has 5 nitrogen and oxygen atoms in total. The summed E-state index contributed by atoms with van der Waals surface area (Å²) in [4.78, 5) is 11.8. The summed E-state index contributed by atoms with van der Waals surface area (Å²) in [5.74, 6) is 0.471. The number of thiazole rings is 1. The Morgan fingerprint density at radius 3 is 2.58 bits per heavy atom. The standard InChI is InChI=1S/C14H16F3N5S.HI/c1-9-4-3-5-19-10(9)6-20-13(18-2)21-7-12-22-11(8-23-12)14(15,16)17;/h3-5,8H,6-7H2,1-2H3,(H2,18,20,21);1H. The number of alkyl halides is 3. The minimum atomic E-state index is -4.41. The molecule has 0 aliphatic rings. The van der Waals surface area contributed by atoms with Gasteiger partial charge in [0.05, 0.1) is 18.8 Å². The monoisotopic (exact) mass is 471 g/mol. The topological polar surface area (TPSA) is 62.2 Å². The number of aryl methyl sites for hydroxylation is 1. The number of nitrogens with one attached hydrogen (secondary N) is 2. The molecule has 2 N–H and O–H groups in total. The third-order valence-corrected chi connectivity index (χ3v) is 3.86. The quantitative estimate of drug-likeness (QED) is 0.408. The smallest absolute Gasteiger partial charge is 0.351 e. The predicted molar refractivity (Wildman–Crippen MR) is 98.5 cm³/mol. The van der Waals surface area contributed by atoms with Gasteiger partial charge in [-0.3, -0.25) is 9.98 Å². The van der Waals surface area contributed by atoms with Crippen molar-refractivity contribution in [1.82, 2.24) is 20.6 Å². The highest BCUT2D eigenvalue weighted by atomic mass is 127. The number of hydrogen-bond donors (Lipinski definition) is 2. The first kappa shape index (κ1) is 20.6. The molecule has 0 unspecified atom stereocenters. The fourth-order valence-corrected chi connectivity index (χ4v) is 2.51. The molecule has 2 heterocycles. The number of aromatic nitrogens is 2. The first-order valence-electron chi connectivity index (χ1n) is 6.76. The molecule has 0 saturated carbocycles. The summed E-state index contributed by atoms with van der Waals surface area (Å²) in [5.41, 5.74) is 1.06. The zero-order valence-electron chi connectivity index (χ0n) is 13.0. The Bertz CT molecular complexity index is 687. The number of aliphatic imine (C=N–C) groups is 1. The maximum absolute atomic E-state index is 12.5. The minimum absolute atomic E-state index is 0. The maximum Gasteiger partial charge on any atom is 0.434 e. The SMILES string of the molecule is CN=C(NCc1nc(C(F)(F)F)cs1)NCc1ncccc1C.I. The Kier molecular flexibility index (Phi) is 7.87. The molecule has 132 valence electrons. The van der Waals surface area contributed by atoms with Crippen LogP contribution < -0.4 is 10.6 Å². The molecule has 0 bridgehead atoms. The van der Waals surface area contributed by atoms with Gasteiger partial charge in [-0.15, -0.1) is 35.3 Å². The van der Waals surface area contributed by atoms with Gasteiger partial charge < -0.3 is 10.6 Å². The van der Waals surface area contributed by atoms with Gasteiger partial charge in [-0.05, 0) is 18.6 Å². The van der Waals surface area contributed by atoms with Gasteiger partial charge in [-0.1, -0.05) is 6.07 Å². The van der Waals surface area contributed by atoms with Gasteiger partial charge in [0.15, 0.2) is 11.7 Å². The summed E-state index contributed by atoms with van der Waals surface area (Å²) >= 11 is 0.957. The van der Waals surface area contributed by atoms with Crippen LogP contribution in [-0.2, 0) is 19.3 Å². The van der Waals surface area contributed by atoms with Crippen LogP contribution in [0, 0.1) is 6.92 Å². The Balaban J connectivity index is 0.00000288. The van der Waals surface area contributed by atoms with Crippen LogP contribution in [0.2, 0.25) is 0 Å². The van der Waals surface area contributed by atoms with E-state index in [-0.39, 0.29) is 30.5 Å². The van der Waals surface area contributed by atoms with E-state index in [2.05, 4.69) is 25.6 Å². The lowest BCUT2D eigenvalue weighted by Crippen LogP contribution is -2.36. The Morgan fingerprint density at radius 1 is 1.29 bits per heavy atom. The van der Waals surface area contributed by atoms with Crippen LogP contribution in [-0.4, -0.2) is 23.0 Å². The van der Waals surface area contributed by atoms with E-state index in [1.165, 1.54) is 0 Å². The fraction of sp³-hybridized carbons (Fsp3) is 0.357. The largest absolute Gasteiger partial charge is 0.434 e. The van der Waals surface area contributed by atoms with Gasteiger partial charge in [-0.25, -0.2) is 4.98 Å². The summed E-state index contributed by atoms with van der Waals surface area (Å²) in [6.07, 6.45) is -2.71. The van der Waals surface area contributed by atoms with E-state index in [1.807, 2.05) is 19.1 Å². The van der Waals surface area contributed by atoms with Crippen molar-refractivity contribution in [3.63, 3.8) is 0 Å². The second kappa shape index (κ2) is 9.16. The first-order valence-corrected chi connectivity index (χ1v) is 7.64. The zero-order chi connectivity index (χ0) is 16.9. The van der Waals surface area contributed by atoms with E-state index < -0.39 is 11.9 Å². The minimum Gasteiger partial charge on any atom is -0.351 e. The number of nitrogens with zero attached hydrogens (tertiary/aromatic N) is 3. The normalized spacial score (nSPS) is 11.8. The molecule has 2 aromatic rings. The van der Waals surface area contributed by atoms with Gasteiger partial charge >= 0.3 is 6.18 Å². The molecule has 2 aromatic heterocycles. The molecule has 2 rings (SSSR count). The van der Waals surface area contributed by atoms with Gasteiger partial charge in [-0.2, -0.15) is 13.2 Å². The molecule has 0 aliphatic carbocycles. The average molecular weight is 471 g/mol. The third-order valence-electron chi connectivity index (χ3n) is 3.01. The van der Waals surface area contributed by atoms with Crippen molar-refractivity contribution in [2.45, 2.75) is 26.2 Å². The number of rotatable bonds is 4. The van der Waals surface area contributed by atoms with Crippen molar-refractivity contribution in [3.8, 4) is 0 Å². The lowest BCUT2D eigenvalue weighted by molar-refractivity contribution is -0.140. The van der Waals surface area contributed by atoms with E-state index in [4.69, 9.17) is 0 Å². The predicted octanol–water partition coefficient (Wildman–Crippen LogP) is 3.35. The molecule has 0 saturated heterocycles. The number of hydrogen-bond acceptors (Lipinski definition) is 4. The Labute approximate surface area is 158 Å². The average Bonchev–Trinajstić information content (AvgIpc) is 2.98. The van der Waals surface area contributed by atoms with Crippen molar-refractivity contribution < 1.29 is 13.2 Å². The van der Waals surface area contributed by atoms with Crippen molar-refractivity contribution in [2.75, 3.05) is 7.05 Å². The number of pyridine rings is 1. The molecular weight excluding hydrogens is 454 g/mol. The van der Waals surface area contributed by atoms with E-state index in [0.717, 1.165) is 28.0 Å². The number of guanidine groups is 1. The van der Waals surface area contributed by atoms with Gasteiger partial charge in [0.25, 0.3) is 0 Å². The maximum atomic E-state index is 12.5. The molecule has 0 fully saturated rings. The van der Waals surface area contributed by atoms with E-state index in [0.29, 0.717) is 17.5 Å². The summed E-state index contributed by atoms with van der Waals surface area (Å²) < 4.78 is 37.5. The fourth-order valence-electron chi connectivity index (χ4n) is 1.77. The van der Waals surface area contributed by atoms with Crippen LogP contribution >= 0.6 is 35.3 Å². The molecular formula is C14H17F3IN5S. The molecule has 0 radical (unpaired) electrons. The van der Waals surface area contributed by atoms with E-state index >= 15 is 0 Å². The Hall–Kier alpha value is -1.43. The van der Waals surface area contributed by atoms with Crippen molar-refractivity contribution in [2.24, 2.45) is 4.99 Å². The van der Waals surface area contributed by atoms with E-state index in [1.54, 1.807) is 13.2 Å². The van der Waals surface area contributed by atoms with Crippen LogP contribution in [0.4, 0.5) is 13.2 Å². The summed E-state index contributed by atoms with van der Waals surface area (Å²) in [6.45, 7) is 2.59. The number of halogens is 4. The van der Waals surface area contributed by atoms with Gasteiger partial charge in [0, 0.05) is 18.6 Å². The lowest BCUT2D eigenvalue weighted by Gasteiger charge is -2.11. The van der Waals surface area contributed by atoms with Crippen molar-refractivity contribution in [3.05, 3.63) is 45.7 Å². The zero-order valence-corrected chi connectivity index (χ0v) is 16.2. The third kappa shape index (κ3) is 5.89.